The Morgan fingerprint density at radius 1 is 1.15 bits per heavy atom. The van der Waals surface area contributed by atoms with Crippen LogP contribution >= 0.6 is 12.2 Å². The predicted octanol–water partition coefficient (Wildman–Crippen LogP) is 3.38. The molecule has 0 heterocycles. The van der Waals surface area contributed by atoms with Gasteiger partial charge < -0.3 is 15.2 Å². The van der Waals surface area contributed by atoms with Crippen molar-refractivity contribution in [2.24, 2.45) is 11.7 Å². The SMILES string of the molecule is Cc1cc(C(N)=S)cc(C)c1OCCOCCC(C)C. The maximum Gasteiger partial charge on any atom is 0.125 e. The first-order valence-electron chi connectivity index (χ1n) is 7.03. The van der Waals surface area contributed by atoms with E-state index in [1.807, 2.05) is 26.0 Å². The molecule has 1 aromatic carbocycles. The molecule has 0 saturated heterocycles. The molecule has 0 atom stereocenters. The predicted molar refractivity (Wildman–Crippen MR) is 87.6 cm³/mol. The first kappa shape index (κ1) is 16.9. The van der Waals surface area contributed by atoms with Crippen LogP contribution in [0.3, 0.4) is 0 Å². The Labute approximate surface area is 127 Å². The van der Waals surface area contributed by atoms with Crippen LogP contribution in [0, 0.1) is 19.8 Å². The van der Waals surface area contributed by atoms with Crippen molar-refractivity contribution >= 4 is 17.2 Å². The molecule has 0 aromatic heterocycles. The lowest BCUT2D eigenvalue weighted by Crippen LogP contribution is -2.12. The van der Waals surface area contributed by atoms with Crippen LogP contribution in [0.1, 0.15) is 37.0 Å². The average molecular weight is 295 g/mol. The van der Waals surface area contributed by atoms with E-state index in [4.69, 9.17) is 27.4 Å². The van der Waals surface area contributed by atoms with Gasteiger partial charge in [-0.1, -0.05) is 26.1 Å². The fraction of sp³-hybridized carbons (Fsp3) is 0.562. The zero-order valence-electron chi connectivity index (χ0n) is 12.9. The summed E-state index contributed by atoms with van der Waals surface area (Å²) in [5, 5.41) is 0. The first-order chi connectivity index (χ1) is 9.41. The zero-order chi connectivity index (χ0) is 15.1. The second-order valence-corrected chi connectivity index (χ2v) is 5.89. The number of ether oxygens (including phenoxy) is 2. The zero-order valence-corrected chi connectivity index (χ0v) is 13.7. The molecule has 4 heteroatoms. The summed E-state index contributed by atoms with van der Waals surface area (Å²) in [5.41, 5.74) is 8.64. The summed E-state index contributed by atoms with van der Waals surface area (Å²) in [6.07, 6.45) is 1.08. The highest BCUT2D eigenvalue weighted by molar-refractivity contribution is 7.80. The molecular formula is C16H25NO2S. The van der Waals surface area contributed by atoms with Gasteiger partial charge in [0.15, 0.2) is 0 Å². The van der Waals surface area contributed by atoms with Gasteiger partial charge in [0.1, 0.15) is 17.3 Å². The van der Waals surface area contributed by atoms with Gasteiger partial charge in [-0.3, -0.25) is 0 Å². The maximum atomic E-state index is 5.80. The van der Waals surface area contributed by atoms with E-state index >= 15 is 0 Å². The smallest absolute Gasteiger partial charge is 0.125 e. The molecule has 0 amide bonds. The molecule has 0 unspecified atom stereocenters. The second kappa shape index (κ2) is 8.22. The topological polar surface area (TPSA) is 44.5 Å². The molecule has 112 valence electrons. The summed E-state index contributed by atoms with van der Waals surface area (Å²) in [5.74, 6) is 1.57. The van der Waals surface area contributed by atoms with Gasteiger partial charge in [-0.15, -0.1) is 0 Å². The van der Waals surface area contributed by atoms with Crippen molar-refractivity contribution in [1.29, 1.82) is 0 Å². The summed E-state index contributed by atoms with van der Waals surface area (Å²) < 4.78 is 11.3. The van der Waals surface area contributed by atoms with E-state index in [-0.39, 0.29) is 0 Å². The summed E-state index contributed by atoms with van der Waals surface area (Å²) in [4.78, 5) is 0.416. The minimum Gasteiger partial charge on any atom is -0.491 e. The number of benzene rings is 1. The third-order valence-electron chi connectivity index (χ3n) is 3.06. The lowest BCUT2D eigenvalue weighted by atomic mass is 10.1. The summed E-state index contributed by atoms with van der Waals surface area (Å²) in [6, 6.07) is 3.93. The molecule has 2 N–H and O–H groups in total. The van der Waals surface area contributed by atoms with E-state index in [9.17, 15) is 0 Å². The van der Waals surface area contributed by atoms with E-state index in [0.29, 0.717) is 24.1 Å². The van der Waals surface area contributed by atoms with Gasteiger partial charge in [0.05, 0.1) is 6.61 Å². The lowest BCUT2D eigenvalue weighted by molar-refractivity contribution is 0.0922. The van der Waals surface area contributed by atoms with E-state index in [2.05, 4.69) is 13.8 Å². The van der Waals surface area contributed by atoms with E-state index in [1.54, 1.807) is 0 Å². The first-order valence-corrected chi connectivity index (χ1v) is 7.44. The second-order valence-electron chi connectivity index (χ2n) is 5.45. The average Bonchev–Trinajstić information content (AvgIpc) is 2.35. The number of thiocarbonyl (C=S) groups is 1. The van der Waals surface area contributed by atoms with Gasteiger partial charge in [-0.2, -0.15) is 0 Å². The fourth-order valence-corrected chi connectivity index (χ4v) is 2.06. The molecule has 0 aliphatic heterocycles. The van der Waals surface area contributed by atoms with Crippen LogP contribution in [0.2, 0.25) is 0 Å². The highest BCUT2D eigenvalue weighted by Crippen LogP contribution is 2.24. The highest BCUT2D eigenvalue weighted by Gasteiger charge is 2.08. The summed E-state index contributed by atoms with van der Waals surface area (Å²) in [7, 11) is 0. The van der Waals surface area contributed by atoms with Crippen LogP contribution in [0.15, 0.2) is 12.1 Å². The quantitative estimate of drug-likeness (QED) is 0.590. The van der Waals surface area contributed by atoms with Crippen molar-refractivity contribution in [3.05, 3.63) is 28.8 Å². The lowest BCUT2D eigenvalue weighted by Gasteiger charge is -2.14. The molecule has 0 radical (unpaired) electrons. The number of aryl methyl sites for hydroxylation is 2. The molecule has 3 nitrogen and oxygen atoms in total. The van der Waals surface area contributed by atoms with Crippen LogP contribution in [-0.2, 0) is 4.74 Å². The summed E-state index contributed by atoms with van der Waals surface area (Å²) >= 11 is 5.00. The third kappa shape index (κ3) is 5.47. The Bertz CT molecular complexity index is 435. The van der Waals surface area contributed by atoms with Gasteiger partial charge in [0.2, 0.25) is 0 Å². The van der Waals surface area contributed by atoms with E-state index in [0.717, 1.165) is 35.5 Å². The molecule has 0 fully saturated rings. The van der Waals surface area contributed by atoms with Gasteiger partial charge in [0.25, 0.3) is 0 Å². The standard InChI is InChI=1S/C16H25NO2S/c1-11(2)5-6-18-7-8-19-15-12(3)9-14(16(17)20)10-13(15)4/h9-11H,5-8H2,1-4H3,(H2,17,20). The monoisotopic (exact) mass is 295 g/mol. The van der Waals surface area contributed by atoms with Crippen LogP contribution in [-0.4, -0.2) is 24.8 Å². The minimum atomic E-state index is 0.416. The van der Waals surface area contributed by atoms with Gasteiger partial charge >= 0.3 is 0 Å². The molecule has 0 aliphatic rings. The van der Waals surface area contributed by atoms with Crippen LogP contribution in [0.25, 0.3) is 0 Å². The van der Waals surface area contributed by atoms with Gasteiger partial charge in [0, 0.05) is 12.2 Å². The van der Waals surface area contributed by atoms with Crippen LogP contribution in [0.5, 0.6) is 5.75 Å². The highest BCUT2D eigenvalue weighted by atomic mass is 32.1. The van der Waals surface area contributed by atoms with Gasteiger partial charge in [-0.05, 0) is 49.4 Å². The summed E-state index contributed by atoms with van der Waals surface area (Å²) in [6.45, 7) is 10.4. The molecule has 1 rings (SSSR count). The molecule has 0 bridgehead atoms. The largest absolute Gasteiger partial charge is 0.491 e. The van der Waals surface area contributed by atoms with Crippen molar-refractivity contribution in [2.45, 2.75) is 34.1 Å². The van der Waals surface area contributed by atoms with Crippen LogP contribution < -0.4 is 10.5 Å². The Morgan fingerprint density at radius 3 is 2.25 bits per heavy atom. The Kier molecular flexibility index (Phi) is 6.96. The fourth-order valence-electron chi connectivity index (χ4n) is 1.94. The Balaban J connectivity index is 2.46. The van der Waals surface area contributed by atoms with E-state index < -0.39 is 0 Å². The van der Waals surface area contributed by atoms with Crippen molar-refractivity contribution in [2.75, 3.05) is 19.8 Å². The number of nitrogens with two attached hydrogens (primary N) is 1. The third-order valence-corrected chi connectivity index (χ3v) is 3.29. The van der Waals surface area contributed by atoms with E-state index in [1.165, 1.54) is 0 Å². The van der Waals surface area contributed by atoms with Crippen molar-refractivity contribution in [1.82, 2.24) is 0 Å². The molecule has 0 aliphatic carbocycles. The van der Waals surface area contributed by atoms with Crippen molar-refractivity contribution in [3.8, 4) is 5.75 Å². The Morgan fingerprint density at radius 2 is 1.75 bits per heavy atom. The van der Waals surface area contributed by atoms with Crippen molar-refractivity contribution in [3.63, 3.8) is 0 Å². The van der Waals surface area contributed by atoms with Crippen molar-refractivity contribution < 1.29 is 9.47 Å². The maximum absolute atomic E-state index is 5.80. The van der Waals surface area contributed by atoms with Gasteiger partial charge in [-0.25, -0.2) is 0 Å². The number of hydrogen-bond donors (Lipinski definition) is 1. The Hall–Kier alpha value is -1.13. The molecule has 1 aromatic rings. The molecule has 0 saturated carbocycles. The molecule has 20 heavy (non-hydrogen) atoms. The number of hydrogen-bond acceptors (Lipinski definition) is 3. The number of rotatable bonds is 8. The normalized spacial score (nSPS) is 10.8. The minimum absolute atomic E-state index is 0.416. The molecule has 0 spiro atoms. The molecular weight excluding hydrogens is 270 g/mol. The van der Waals surface area contributed by atoms with Crippen LogP contribution in [0.4, 0.5) is 0 Å².